The van der Waals surface area contributed by atoms with Crippen LogP contribution in [0.5, 0.6) is 5.75 Å². The molecule has 2 aromatic carbocycles. The van der Waals surface area contributed by atoms with Crippen LogP contribution in [0.15, 0.2) is 59.1 Å². The first-order chi connectivity index (χ1) is 10.1. The van der Waals surface area contributed by atoms with Crippen molar-refractivity contribution in [1.29, 1.82) is 0 Å². The second-order valence-corrected chi connectivity index (χ2v) is 4.95. The van der Waals surface area contributed by atoms with Gasteiger partial charge in [0, 0.05) is 16.6 Å². The third-order valence-corrected chi connectivity index (χ3v) is 3.03. The summed E-state index contributed by atoms with van der Waals surface area (Å²) in [6.45, 7) is 0. The van der Waals surface area contributed by atoms with Crippen LogP contribution in [0.2, 0.25) is 0 Å². The average Bonchev–Trinajstić information content (AvgIpc) is 2.48. The predicted octanol–water partition coefficient (Wildman–Crippen LogP) is 3.98. The molecular formula is C15H10BrNO4. The molecule has 0 aliphatic carbocycles. The summed E-state index contributed by atoms with van der Waals surface area (Å²) in [5, 5.41) is 10.9. The first-order valence-corrected chi connectivity index (χ1v) is 6.74. The van der Waals surface area contributed by atoms with E-state index >= 15 is 0 Å². The molecule has 0 atom stereocenters. The quantitative estimate of drug-likeness (QED) is 0.276. The van der Waals surface area contributed by atoms with E-state index in [1.807, 2.05) is 30.3 Å². The fourth-order valence-electron chi connectivity index (χ4n) is 1.59. The van der Waals surface area contributed by atoms with Crippen molar-refractivity contribution in [3.63, 3.8) is 0 Å². The maximum atomic E-state index is 11.7. The lowest BCUT2D eigenvalue weighted by Crippen LogP contribution is -2.05. The minimum absolute atomic E-state index is 0.0917. The number of rotatable bonds is 4. The van der Waals surface area contributed by atoms with Crippen molar-refractivity contribution in [2.75, 3.05) is 0 Å². The van der Waals surface area contributed by atoms with Gasteiger partial charge in [0.1, 0.15) is 0 Å². The minimum atomic E-state index is -0.677. The number of carbonyl (C=O) groups is 1. The van der Waals surface area contributed by atoms with Gasteiger partial charge in [-0.25, -0.2) is 4.79 Å². The van der Waals surface area contributed by atoms with Gasteiger partial charge in [-0.15, -0.1) is 0 Å². The maximum Gasteiger partial charge on any atom is 0.336 e. The van der Waals surface area contributed by atoms with E-state index in [0.29, 0.717) is 4.47 Å². The molecule has 0 aliphatic heterocycles. The van der Waals surface area contributed by atoms with Crippen LogP contribution in [0, 0.1) is 10.1 Å². The van der Waals surface area contributed by atoms with E-state index in [2.05, 4.69) is 15.9 Å². The lowest BCUT2D eigenvalue weighted by molar-refractivity contribution is -0.385. The molecule has 0 radical (unpaired) electrons. The van der Waals surface area contributed by atoms with Gasteiger partial charge in [-0.1, -0.05) is 46.3 Å². The van der Waals surface area contributed by atoms with E-state index in [9.17, 15) is 14.9 Å². The van der Waals surface area contributed by atoms with E-state index in [1.54, 1.807) is 12.1 Å². The van der Waals surface area contributed by atoms with Crippen LogP contribution in [-0.4, -0.2) is 10.9 Å². The Hall–Kier alpha value is -2.47. The van der Waals surface area contributed by atoms with E-state index in [1.165, 1.54) is 18.2 Å². The Balaban J connectivity index is 2.13. The SMILES string of the molecule is O=C(C=Cc1ccccc1)Oc1ccc(Br)cc1[N+](=O)[O-]. The Labute approximate surface area is 129 Å². The summed E-state index contributed by atoms with van der Waals surface area (Å²) in [6.07, 6.45) is 2.80. The van der Waals surface area contributed by atoms with Crippen molar-refractivity contribution < 1.29 is 14.5 Å². The topological polar surface area (TPSA) is 69.4 Å². The van der Waals surface area contributed by atoms with Crippen molar-refractivity contribution >= 4 is 33.7 Å². The van der Waals surface area contributed by atoms with Gasteiger partial charge in [-0.3, -0.25) is 10.1 Å². The molecule has 0 amide bonds. The summed E-state index contributed by atoms with van der Waals surface area (Å²) >= 11 is 3.13. The molecule has 0 saturated carbocycles. The molecule has 5 nitrogen and oxygen atoms in total. The third kappa shape index (κ3) is 4.25. The summed E-state index contributed by atoms with van der Waals surface area (Å²) in [6, 6.07) is 13.4. The standard InChI is InChI=1S/C15H10BrNO4/c16-12-7-8-14(13(10-12)17(19)20)21-15(18)9-6-11-4-2-1-3-5-11/h1-10H. The molecule has 21 heavy (non-hydrogen) atoms. The highest BCUT2D eigenvalue weighted by atomic mass is 79.9. The number of nitro groups is 1. The van der Waals surface area contributed by atoms with Gasteiger partial charge in [0.15, 0.2) is 0 Å². The smallest absolute Gasteiger partial charge is 0.336 e. The van der Waals surface area contributed by atoms with E-state index in [-0.39, 0.29) is 11.4 Å². The van der Waals surface area contributed by atoms with Crippen LogP contribution in [0.1, 0.15) is 5.56 Å². The molecule has 106 valence electrons. The van der Waals surface area contributed by atoms with Gasteiger partial charge in [0.2, 0.25) is 5.75 Å². The van der Waals surface area contributed by atoms with Crippen LogP contribution < -0.4 is 4.74 Å². The lowest BCUT2D eigenvalue weighted by atomic mass is 10.2. The first kappa shape index (κ1) is 14.9. The third-order valence-electron chi connectivity index (χ3n) is 2.54. The lowest BCUT2D eigenvalue weighted by Gasteiger charge is -2.02. The second-order valence-electron chi connectivity index (χ2n) is 4.03. The number of hydrogen-bond donors (Lipinski definition) is 0. The summed E-state index contributed by atoms with van der Waals surface area (Å²) < 4.78 is 5.53. The number of carbonyl (C=O) groups excluding carboxylic acids is 1. The van der Waals surface area contributed by atoms with Crippen LogP contribution >= 0.6 is 15.9 Å². The Morgan fingerprint density at radius 1 is 1.19 bits per heavy atom. The van der Waals surface area contributed by atoms with E-state index < -0.39 is 10.9 Å². The van der Waals surface area contributed by atoms with Crippen molar-refractivity contribution in [3.05, 3.63) is 74.8 Å². The average molecular weight is 348 g/mol. The fraction of sp³-hybridized carbons (Fsp3) is 0. The van der Waals surface area contributed by atoms with Gasteiger partial charge in [-0.05, 0) is 23.8 Å². The number of esters is 1. The van der Waals surface area contributed by atoms with Crippen molar-refractivity contribution in [2.24, 2.45) is 0 Å². The summed E-state index contributed by atoms with van der Waals surface area (Å²) in [4.78, 5) is 22.0. The van der Waals surface area contributed by atoms with Gasteiger partial charge in [0.05, 0.1) is 4.92 Å². The second kappa shape index (κ2) is 6.81. The molecule has 0 N–H and O–H groups in total. The highest BCUT2D eigenvalue weighted by molar-refractivity contribution is 9.10. The molecule has 2 rings (SSSR count). The molecule has 0 bridgehead atoms. The zero-order valence-electron chi connectivity index (χ0n) is 10.7. The first-order valence-electron chi connectivity index (χ1n) is 5.95. The normalized spacial score (nSPS) is 10.5. The van der Waals surface area contributed by atoms with Crippen molar-refractivity contribution in [1.82, 2.24) is 0 Å². The van der Waals surface area contributed by atoms with Gasteiger partial charge < -0.3 is 4.74 Å². The number of benzene rings is 2. The predicted molar refractivity (Wildman–Crippen MR) is 81.9 cm³/mol. The van der Waals surface area contributed by atoms with Crippen LogP contribution in [0.3, 0.4) is 0 Å². The molecule has 2 aromatic rings. The molecule has 0 saturated heterocycles. The number of ether oxygens (including phenoxy) is 1. The molecule has 6 heteroatoms. The minimum Gasteiger partial charge on any atom is -0.416 e. The van der Waals surface area contributed by atoms with Gasteiger partial charge >= 0.3 is 11.7 Å². The molecular weight excluding hydrogens is 338 g/mol. The molecule has 0 unspecified atom stereocenters. The van der Waals surface area contributed by atoms with Crippen LogP contribution in [-0.2, 0) is 4.79 Å². The number of nitrogens with zero attached hydrogens (tertiary/aromatic N) is 1. The molecule has 0 aromatic heterocycles. The van der Waals surface area contributed by atoms with Crippen LogP contribution in [0.4, 0.5) is 5.69 Å². The van der Waals surface area contributed by atoms with Crippen molar-refractivity contribution in [3.8, 4) is 5.75 Å². The van der Waals surface area contributed by atoms with E-state index in [4.69, 9.17) is 4.74 Å². The summed E-state index contributed by atoms with van der Waals surface area (Å²) in [5.74, 6) is -0.768. The number of nitro benzene ring substituents is 1. The Bertz CT molecular complexity index is 698. The summed E-state index contributed by atoms with van der Waals surface area (Å²) in [7, 11) is 0. The molecule has 0 spiro atoms. The largest absolute Gasteiger partial charge is 0.416 e. The molecule has 0 heterocycles. The number of halogens is 1. The van der Waals surface area contributed by atoms with Gasteiger partial charge in [-0.2, -0.15) is 0 Å². The summed E-state index contributed by atoms with van der Waals surface area (Å²) in [5.41, 5.74) is 0.561. The molecule has 0 fully saturated rings. The number of hydrogen-bond acceptors (Lipinski definition) is 4. The van der Waals surface area contributed by atoms with Gasteiger partial charge in [0.25, 0.3) is 0 Å². The zero-order valence-corrected chi connectivity index (χ0v) is 12.3. The van der Waals surface area contributed by atoms with Crippen molar-refractivity contribution in [2.45, 2.75) is 0 Å². The fourth-order valence-corrected chi connectivity index (χ4v) is 1.94. The zero-order chi connectivity index (χ0) is 15.2. The Morgan fingerprint density at radius 2 is 1.90 bits per heavy atom. The van der Waals surface area contributed by atoms with E-state index in [0.717, 1.165) is 5.56 Å². The molecule has 0 aliphatic rings. The Morgan fingerprint density at radius 3 is 2.57 bits per heavy atom. The van der Waals surface area contributed by atoms with Crippen LogP contribution in [0.25, 0.3) is 6.08 Å². The highest BCUT2D eigenvalue weighted by Crippen LogP contribution is 2.30. The highest BCUT2D eigenvalue weighted by Gasteiger charge is 2.17. The maximum absolute atomic E-state index is 11.7. The Kier molecular flexibility index (Phi) is 4.84. The monoisotopic (exact) mass is 347 g/mol.